The Morgan fingerprint density at radius 1 is 1.61 bits per heavy atom. The molecule has 0 atom stereocenters. The number of nitrogens with two attached hydrogens (primary N) is 1. The van der Waals surface area contributed by atoms with E-state index in [2.05, 4.69) is 15.3 Å². The van der Waals surface area contributed by atoms with Crippen molar-refractivity contribution in [2.45, 2.75) is 6.54 Å². The van der Waals surface area contributed by atoms with Gasteiger partial charge in [-0.1, -0.05) is 11.3 Å². The zero-order chi connectivity index (χ0) is 13.1. The molecular formula is C10H9FN4O2S. The molecule has 8 heteroatoms. The second-order valence-electron chi connectivity index (χ2n) is 3.44. The number of aromatic amines is 1. The largest absolute Gasteiger partial charge is 0.383 e. The molecule has 2 heterocycles. The molecule has 0 aliphatic rings. The molecule has 2 aromatic heterocycles. The van der Waals surface area contributed by atoms with E-state index >= 15 is 0 Å². The highest BCUT2D eigenvalue weighted by Crippen LogP contribution is 2.09. The number of carbonyl (C=O) groups excluding carboxylic acids is 1. The van der Waals surface area contributed by atoms with Gasteiger partial charge in [0.1, 0.15) is 11.6 Å². The van der Waals surface area contributed by atoms with Crippen LogP contribution in [0.4, 0.5) is 10.2 Å². The predicted octanol–water partition coefficient (Wildman–Crippen LogP) is 0.483. The number of rotatable bonds is 3. The molecule has 0 radical (unpaired) electrons. The first-order valence-electron chi connectivity index (χ1n) is 4.92. The lowest BCUT2D eigenvalue weighted by atomic mass is 10.2. The summed E-state index contributed by atoms with van der Waals surface area (Å²) >= 11 is 0.998. The second-order valence-corrected chi connectivity index (χ2v) is 4.28. The molecule has 18 heavy (non-hydrogen) atoms. The molecule has 0 aliphatic carbocycles. The molecule has 0 aromatic carbocycles. The van der Waals surface area contributed by atoms with Crippen LogP contribution in [-0.4, -0.2) is 15.9 Å². The Balaban J connectivity index is 2.08. The summed E-state index contributed by atoms with van der Waals surface area (Å²) in [6.07, 6.45) is 0.933. The summed E-state index contributed by atoms with van der Waals surface area (Å²) in [5.41, 5.74) is 6.01. The van der Waals surface area contributed by atoms with Gasteiger partial charge in [-0.2, -0.15) is 0 Å². The van der Waals surface area contributed by atoms with Crippen LogP contribution in [-0.2, 0) is 6.54 Å². The van der Waals surface area contributed by atoms with Crippen molar-refractivity contribution in [3.05, 3.63) is 44.4 Å². The average Bonchev–Trinajstić information content (AvgIpc) is 2.75. The number of nitrogens with zero attached hydrogens (tertiary/aromatic N) is 1. The van der Waals surface area contributed by atoms with Crippen molar-refractivity contribution in [3.63, 3.8) is 0 Å². The van der Waals surface area contributed by atoms with Crippen molar-refractivity contribution in [3.8, 4) is 0 Å². The van der Waals surface area contributed by atoms with Gasteiger partial charge in [0.25, 0.3) is 5.91 Å². The molecule has 0 aliphatic heterocycles. The predicted molar refractivity (Wildman–Crippen MR) is 64.7 cm³/mol. The lowest BCUT2D eigenvalue weighted by molar-refractivity contribution is 0.0950. The fourth-order valence-corrected chi connectivity index (χ4v) is 1.88. The van der Waals surface area contributed by atoms with Crippen LogP contribution in [0.2, 0.25) is 0 Å². The number of halogens is 1. The van der Waals surface area contributed by atoms with Crippen LogP contribution in [0.1, 0.15) is 16.1 Å². The summed E-state index contributed by atoms with van der Waals surface area (Å²) in [6.45, 7) is 0.132. The molecule has 94 valence electrons. The third kappa shape index (κ3) is 2.72. The number of thiazole rings is 1. The summed E-state index contributed by atoms with van der Waals surface area (Å²) in [4.78, 5) is 28.5. The van der Waals surface area contributed by atoms with Crippen LogP contribution in [0.5, 0.6) is 0 Å². The van der Waals surface area contributed by atoms with Gasteiger partial charge in [-0.05, 0) is 6.07 Å². The number of H-pyrrole nitrogens is 1. The van der Waals surface area contributed by atoms with Gasteiger partial charge in [0.15, 0.2) is 0 Å². The highest BCUT2D eigenvalue weighted by Gasteiger charge is 2.12. The maximum Gasteiger partial charge on any atom is 0.304 e. The third-order valence-corrected chi connectivity index (χ3v) is 2.86. The van der Waals surface area contributed by atoms with Crippen LogP contribution in [0.15, 0.2) is 22.4 Å². The fourth-order valence-electron chi connectivity index (χ4n) is 1.30. The topological polar surface area (TPSA) is 101 Å². The van der Waals surface area contributed by atoms with Gasteiger partial charge < -0.3 is 16.0 Å². The van der Waals surface area contributed by atoms with E-state index in [1.807, 2.05) is 0 Å². The van der Waals surface area contributed by atoms with Gasteiger partial charge in [-0.15, -0.1) is 0 Å². The zero-order valence-electron chi connectivity index (χ0n) is 9.07. The summed E-state index contributed by atoms with van der Waals surface area (Å²) < 4.78 is 12.9. The molecule has 0 saturated carbocycles. The average molecular weight is 268 g/mol. The van der Waals surface area contributed by atoms with Crippen molar-refractivity contribution in [1.29, 1.82) is 0 Å². The van der Waals surface area contributed by atoms with Crippen molar-refractivity contribution in [2.24, 2.45) is 0 Å². The lowest BCUT2D eigenvalue weighted by Gasteiger charge is -2.05. The summed E-state index contributed by atoms with van der Waals surface area (Å²) in [7, 11) is 0. The number of pyridine rings is 1. The molecule has 0 fully saturated rings. The number of anilines is 1. The van der Waals surface area contributed by atoms with E-state index in [9.17, 15) is 14.0 Å². The maximum absolute atomic E-state index is 12.9. The van der Waals surface area contributed by atoms with Crippen molar-refractivity contribution in [1.82, 2.24) is 15.3 Å². The SMILES string of the molecule is Nc1ncc(F)cc1C(=O)NCc1csc(=O)[nH]1. The molecule has 4 N–H and O–H groups in total. The number of carbonyl (C=O) groups is 1. The number of nitrogens with one attached hydrogen (secondary N) is 2. The van der Waals surface area contributed by atoms with E-state index in [0.29, 0.717) is 5.69 Å². The van der Waals surface area contributed by atoms with Crippen LogP contribution < -0.4 is 15.9 Å². The molecule has 1 amide bonds. The molecule has 0 bridgehead atoms. The Morgan fingerprint density at radius 2 is 2.39 bits per heavy atom. The van der Waals surface area contributed by atoms with E-state index < -0.39 is 11.7 Å². The molecule has 6 nitrogen and oxygen atoms in total. The number of hydrogen-bond donors (Lipinski definition) is 3. The number of amides is 1. The van der Waals surface area contributed by atoms with Gasteiger partial charge in [-0.25, -0.2) is 9.37 Å². The van der Waals surface area contributed by atoms with Crippen molar-refractivity contribution >= 4 is 23.1 Å². The second kappa shape index (κ2) is 4.96. The van der Waals surface area contributed by atoms with E-state index in [0.717, 1.165) is 23.6 Å². The molecular weight excluding hydrogens is 259 g/mol. The minimum atomic E-state index is -0.640. The molecule has 0 spiro atoms. The summed E-state index contributed by atoms with van der Waals surface area (Å²) in [5, 5.41) is 4.10. The highest BCUT2D eigenvalue weighted by molar-refractivity contribution is 7.07. The first-order chi connectivity index (χ1) is 8.56. The zero-order valence-corrected chi connectivity index (χ0v) is 9.88. The van der Waals surface area contributed by atoms with Crippen LogP contribution >= 0.6 is 11.3 Å². The summed E-state index contributed by atoms with van der Waals surface area (Å²) in [6, 6.07) is 1.01. The Morgan fingerprint density at radius 3 is 3.06 bits per heavy atom. The Hall–Kier alpha value is -2.22. The van der Waals surface area contributed by atoms with Gasteiger partial charge >= 0.3 is 4.87 Å². The van der Waals surface area contributed by atoms with E-state index in [4.69, 9.17) is 5.73 Å². The standard InChI is InChI=1S/C10H9FN4O2S/c11-5-1-7(8(12)13-2-5)9(16)14-3-6-4-18-10(17)15-6/h1-2,4H,3H2,(H2,12,13)(H,14,16)(H,15,17). The number of hydrogen-bond acceptors (Lipinski definition) is 5. The monoisotopic (exact) mass is 268 g/mol. The lowest BCUT2D eigenvalue weighted by Crippen LogP contribution is -2.24. The Kier molecular flexibility index (Phi) is 3.38. The molecule has 2 rings (SSSR count). The van der Waals surface area contributed by atoms with Crippen LogP contribution in [0.3, 0.4) is 0 Å². The van der Waals surface area contributed by atoms with Gasteiger partial charge in [0.05, 0.1) is 18.3 Å². The van der Waals surface area contributed by atoms with Gasteiger partial charge in [-0.3, -0.25) is 9.59 Å². The molecule has 2 aromatic rings. The molecule has 0 saturated heterocycles. The van der Waals surface area contributed by atoms with E-state index in [1.165, 1.54) is 0 Å². The van der Waals surface area contributed by atoms with Gasteiger partial charge in [0, 0.05) is 11.1 Å². The van der Waals surface area contributed by atoms with Crippen LogP contribution in [0, 0.1) is 5.82 Å². The first kappa shape index (κ1) is 12.2. The number of nitrogen functional groups attached to an aromatic ring is 1. The van der Waals surface area contributed by atoms with E-state index in [-0.39, 0.29) is 22.8 Å². The smallest absolute Gasteiger partial charge is 0.304 e. The maximum atomic E-state index is 12.9. The minimum Gasteiger partial charge on any atom is -0.383 e. The van der Waals surface area contributed by atoms with E-state index in [1.54, 1.807) is 5.38 Å². The normalized spacial score (nSPS) is 10.3. The summed E-state index contributed by atoms with van der Waals surface area (Å²) in [5.74, 6) is -1.24. The van der Waals surface area contributed by atoms with Crippen molar-refractivity contribution < 1.29 is 9.18 Å². The number of aromatic nitrogens is 2. The first-order valence-corrected chi connectivity index (χ1v) is 5.80. The quantitative estimate of drug-likeness (QED) is 0.753. The Labute approximate surface area is 105 Å². The molecule has 0 unspecified atom stereocenters. The third-order valence-electron chi connectivity index (χ3n) is 2.14. The van der Waals surface area contributed by atoms with Crippen molar-refractivity contribution in [2.75, 3.05) is 5.73 Å². The fraction of sp³-hybridized carbons (Fsp3) is 0.100. The van der Waals surface area contributed by atoms with Gasteiger partial charge in [0.2, 0.25) is 0 Å². The Bertz CT molecular complexity index is 637. The minimum absolute atomic E-state index is 0.0347. The van der Waals surface area contributed by atoms with Crippen LogP contribution in [0.25, 0.3) is 0 Å². The highest BCUT2D eigenvalue weighted by atomic mass is 32.1.